The molecule has 1 nitrogen and oxygen atoms in total. The normalized spacial score (nSPS) is 7.88. The largest absolute Gasteiger partial charge is 1.00 e. The molecule has 0 fully saturated rings. The summed E-state index contributed by atoms with van der Waals surface area (Å²) in [6.07, 6.45) is 0. The molecule has 0 unspecified atom stereocenters. The summed E-state index contributed by atoms with van der Waals surface area (Å²) in [6, 6.07) is 0.380. The molecule has 0 aromatic heterocycles. The van der Waals surface area contributed by atoms with Crippen LogP contribution in [0.15, 0.2) is 0 Å². The van der Waals surface area contributed by atoms with Gasteiger partial charge in [0.05, 0.1) is 0 Å². The first-order chi connectivity index (χ1) is 3.13. The molecule has 0 heterocycles. The Labute approximate surface area is 83.3 Å². The molecule has 0 amide bonds. The predicted octanol–water partition coefficient (Wildman–Crippen LogP) is -2.18. The van der Waals surface area contributed by atoms with Gasteiger partial charge in [-0.2, -0.15) is 0 Å². The molecule has 4 heteroatoms. The van der Waals surface area contributed by atoms with Gasteiger partial charge >= 0.3 is 29.6 Å². The van der Waals surface area contributed by atoms with E-state index in [-0.39, 0.29) is 29.6 Å². The summed E-state index contributed by atoms with van der Waals surface area (Å²) in [4.78, 5) is 0. The number of nitrogens with one attached hydrogen (secondary N) is 1. The van der Waals surface area contributed by atoms with Crippen molar-refractivity contribution >= 4 is 29.2 Å². The van der Waals surface area contributed by atoms with Crippen LogP contribution in [-0.2, 0) is 12.6 Å². The van der Waals surface area contributed by atoms with Crippen molar-refractivity contribution in [3.63, 3.8) is 0 Å². The Bertz CT molecular complexity index is 74.4. The topological polar surface area (TPSA) is 12.0 Å². The molecule has 0 aliphatic heterocycles. The summed E-state index contributed by atoms with van der Waals surface area (Å²) in [5.74, 6) is 0. The van der Waals surface area contributed by atoms with Gasteiger partial charge in [0.2, 0.25) is 0 Å². The number of hydrogen-bond donors (Lipinski definition) is 1. The van der Waals surface area contributed by atoms with E-state index in [0.29, 0.717) is 10.4 Å². The van der Waals surface area contributed by atoms with Crippen molar-refractivity contribution in [2.24, 2.45) is 0 Å². The molecule has 0 radical (unpaired) electrons. The average molecular weight is 157 g/mol. The van der Waals surface area contributed by atoms with Gasteiger partial charge in [0.1, 0.15) is 0 Å². The van der Waals surface area contributed by atoms with Crippen molar-refractivity contribution in [3.05, 3.63) is 0 Å². The second kappa shape index (κ2) is 6.23. The standard InChI is InChI=1S/C4H9NS2.Na/c1-3(2)5-4(6)7;/h3H,1-2H3,(H2,5,6,7);/q;+1/p-1. The van der Waals surface area contributed by atoms with E-state index in [0.717, 1.165) is 0 Å². The molecule has 0 saturated heterocycles. The van der Waals surface area contributed by atoms with E-state index >= 15 is 0 Å². The Morgan fingerprint density at radius 1 is 1.62 bits per heavy atom. The smallest absolute Gasteiger partial charge is 0.412 e. The van der Waals surface area contributed by atoms with Gasteiger partial charge in [0.25, 0.3) is 0 Å². The molecule has 0 aromatic carbocycles. The zero-order valence-corrected chi connectivity index (χ0v) is 9.03. The summed E-state index contributed by atoms with van der Waals surface area (Å²) >= 11 is 9.15. The molecule has 0 aromatic rings. The monoisotopic (exact) mass is 157 g/mol. The zero-order chi connectivity index (χ0) is 5.86. The molecule has 0 aliphatic carbocycles. The van der Waals surface area contributed by atoms with Gasteiger partial charge in [0, 0.05) is 6.04 Å². The van der Waals surface area contributed by atoms with Crippen molar-refractivity contribution in [2.75, 3.05) is 0 Å². The van der Waals surface area contributed by atoms with Gasteiger partial charge in [-0.05, 0) is 13.8 Å². The van der Waals surface area contributed by atoms with Crippen LogP contribution < -0.4 is 34.9 Å². The quantitative estimate of drug-likeness (QED) is 0.264. The van der Waals surface area contributed by atoms with Crippen LogP contribution in [0, 0.1) is 0 Å². The van der Waals surface area contributed by atoms with Gasteiger partial charge in [-0.25, -0.2) is 0 Å². The van der Waals surface area contributed by atoms with Crippen molar-refractivity contribution in [1.29, 1.82) is 0 Å². The van der Waals surface area contributed by atoms with Gasteiger partial charge < -0.3 is 30.2 Å². The number of hydrogen-bond acceptors (Lipinski definition) is 2. The maximum Gasteiger partial charge on any atom is 1.00 e. The Morgan fingerprint density at radius 2 is 2.00 bits per heavy atom. The molecule has 42 valence electrons. The molecule has 0 rings (SSSR count). The van der Waals surface area contributed by atoms with E-state index in [1.807, 2.05) is 13.8 Å². The third-order valence-electron chi connectivity index (χ3n) is 0.407. The first kappa shape index (κ1) is 11.9. The molecular weight excluding hydrogens is 149 g/mol. The summed E-state index contributed by atoms with van der Waals surface area (Å²) in [7, 11) is 0. The molecule has 0 saturated carbocycles. The Balaban J connectivity index is 0. The van der Waals surface area contributed by atoms with E-state index in [2.05, 4.69) is 30.2 Å². The molecule has 0 bridgehead atoms. The maximum absolute atomic E-state index is 4.58. The van der Waals surface area contributed by atoms with E-state index in [4.69, 9.17) is 0 Å². The van der Waals surface area contributed by atoms with Crippen molar-refractivity contribution in [3.8, 4) is 0 Å². The van der Waals surface area contributed by atoms with E-state index in [1.165, 1.54) is 0 Å². The minimum Gasteiger partial charge on any atom is -0.412 e. The van der Waals surface area contributed by atoms with Crippen LogP contribution in [0.25, 0.3) is 0 Å². The summed E-state index contributed by atoms with van der Waals surface area (Å²) in [6.45, 7) is 4.00. The van der Waals surface area contributed by atoms with E-state index in [1.54, 1.807) is 0 Å². The minimum atomic E-state index is 0. The maximum atomic E-state index is 4.58. The number of thiocarbonyl (C=S) groups is 1. The van der Waals surface area contributed by atoms with Crippen molar-refractivity contribution in [2.45, 2.75) is 19.9 Å². The van der Waals surface area contributed by atoms with Crippen LogP contribution in [0.3, 0.4) is 0 Å². The number of rotatable bonds is 1. The third-order valence-corrected chi connectivity index (χ3v) is 0.642. The van der Waals surface area contributed by atoms with Gasteiger partial charge in [0.15, 0.2) is 0 Å². The fraction of sp³-hybridized carbons (Fsp3) is 0.750. The van der Waals surface area contributed by atoms with Crippen LogP contribution in [0.4, 0.5) is 0 Å². The third kappa shape index (κ3) is 10.2. The van der Waals surface area contributed by atoms with Gasteiger partial charge in [-0.1, -0.05) is 4.32 Å². The predicted molar refractivity (Wildman–Crippen MR) is 38.2 cm³/mol. The van der Waals surface area contributed by atoms with E-state index < -0.39 is 0 Å². The SMILES string of the molecule is CC(C)NC(=S)[S-].[Na+]. The Kier molecular flexibility index (Phi) is 9.24. The van der Waals surface area contributed by atoms with Gasteiger partial charge in [-0.3, -0.25) is 0 Å². The Morgan fingerprint density at radius 3 is 2.00 bits per heavy atom. The van der Waals surface area contributed by atoms with Crippen LogP contribution in [-0.4, -0.2) is 10.4 Å². The fourth-order valence-corrected chi connectivity index (χ4v) is 0.707. The summed E-state index contributed by atoms with van der Waals surface area (Å²) in [5, 5.41) is 2.85. The molecule has 0 aliphatic rings. The molecule has 0 spiro atoms. The van der Waals surface area contributed by atoms with Crippen LogP contribution in [0.2, 0.25) is 0 Å². The second-order valence-corrected chi connectivity index (χ2v) is 2.66. The minimum absolute atomic E-state index is 0. The first-order valence-corrected chi connectivity index (χ1v) is 2.92. The fourth-order valence-electron chi connectivity index (χ4n) is 0.236. The summed E-state index contributed by atoms with van der Waals surface area (Å²) in [5.41, 5.74) is 0. The van der Waals surface area contributed by atoms with Crippen LogP contribution >= 0.6 is 12.2 Å². The van der Waals surface area contributed by atoms with Crippen LogP contribution in [0.5, 0.6) is 0 Å². The zero-order valence-electron chi connectivity index (χ0n) is 5.39. The van der Waals surface area contributed by atoms with Crippen LogP contribution in [0.1, 0.15) is 13.8 Å². The van der Waals surface area contributed by atoms with Gasteiger partial charge in [-0.15, -0.1) is 0 Å². The second-order valence-electron chi connectivity index (χ2n) is 1.59. The van der Waals surface area contributed by atoms with Crippen molar-refractivity contribution < 1.29 is 29.6 Å². The van der Waals surface area contributed by atoms with Crippen molar-refractivity contribution in [1.82, 2.24) is 5.32 Å². The van der Waals surface area contributed by atoms with E-state index in [9.17, 15) is 0 Å². The average Bonchev–Trinajstić information content (AvgIpc) is 1.27. The first-order valence-electron chi connectivity index (χ1n) is 2.10. The molecular formula is C4H8NNaS2. The Hall–Kier alpha value is 1.11. The molecule has 1 N–H and O–H groups in total. The molecule has 0 atom stereocenters. The molecule has 8 heavy (non-hydrogen) atoms. The summed E-state index contributed by atoms with van der Waals surface area (Å²) < 4.78 is 0.454.